The number of hydrogen-bond donors (Lipinski definition) is 1. The van der Waals surface area contributed by atoms with Crippen LogP contribution in [0.4, 0.5) is 34.6 Å². The first kappa shape index (κ1) is 45.4. The highest BCUT2D eigenvalue weighted by atomic mass is 19.4. The number of carboxylic acid groups (broad SMARTS) is 1. The largest absolute Gasteiger partial charge is 0.497 e. The normalized spacial score (nSPS) is 15.8. The van der Waals surface area contributed by atoms with Crippen molar-refractivity contribution in [3.63, 3.8) is 0 Å². The molecule has 1 saturated heterocycles. The van der Waals surface area contributed by atoms with E-state index in [9.17, 15) is 37.5 Å². The Morgan fingerprint density at radius 1 is 0.723 bits per heavy atom. The van der Waals surface area contributed by atoms with Crippen LogP contribution in [0.25, 0.3) is 0 Å². The van der Waals surface area contributed by atoms with Crippen LogP contribution in [0.1, 0.15) is 49.2 Å². The van der Waals surface area contributed by atoms with E-state index >= 15 is 4.39 Å². The van der Waals surface area contributed by atoms with Gasteiger partial charge in [-0.2, -0.15) is 13.2 Å². The van der Waals surface area contributed by atoms with E-state index in [2.05, 4.69) is 4.99 Å². The van der Waals surface area contributed by atoms with Crippen molar-refractivity contribution in [2.45, 2.75) is 38.5 Å². The number of aryl methyl sites for hydroxylation is 2. The summed E-state index contributed by atoms with van der Waals surface area (Å²) in [6.45, 7) is 4.47. The van der Waals surface area contributed by atoms with Crippen LogP contribution in [0.2, 0.25) is 0 Å². The number of carboxylic acids is 1. The summed E-state index contributed by atoms with van der Waals surface area (Å²) < 4.78 is 87.4. The predicted octanol–water partition coefficient (Wildman–Crippen LogP) is 7.89. The van der Waals surface area contributed by atoms with Gasteiger partial charge < -0.3 is 38.6 Å². The third kappa shape index (κ3) is 9.96. The number of halogens is 4. The van der Waals surface area contributed by atoms with Crippen LogP contribution in [0.15, 0.2) is 114 Å². The summed E-state index contributed by atoms with van der Waals surface area (Å²) in [5.41, 5.74) is 0.0861. The molecule has 1 N–H and O–H groups in total. The molecule has 2 aliphatic rings. The van der Waals surface area contributed by atoms with Crippen LogP contribution in [0, 0.1) is 19.7 Å². The number of anilines is 2. The Hall–Kier alpha value is -7.63. The van der Waals surface area contributed by atoms with Crippen molar-refractivity contribution in [2.24, 2.45) is 4.99 Å². The Bertz CT molecular complexity index is 2620. The molecule has 65 heavy (non-hydrogen) atoms. The van der Waals surface area contributed by atoms with Crippen LogP contribution >= 0.6 is 0 Å². The minimum atomic E-state index is -4.89. The number of carbonyl (C=O) groups is 4. The lowest BCUT2D eigenvalue weighted by atomic mass is 10.1. The maximum absolute atomic E-state index is 16.0. The van der Waals surface area contributed by atoms with Gasteiger partial charge in [0.1, 0.15) is 23.0 Å². The molecule has 1 fully saturated rings. The van der Waals surface area contributed by atoms with Crippen LogP contribution in [-0.4, -0.2) is 92.4 Å². The second kappa shape index (κ2) is 19.0. The molecule has 5 aromatic rings. The topological polar surface area (TPSA) is 157 Å². The number of fused-ring (bicyclic) bond motifs is 1. The molecule has 338 valence electrons. The lowest BCUT2D eigenvalue weighted by Crippen LogP contribution is -2.56. The summed E-state index contributed by atoms with van der Waals surface area (Å²) in [7, 11) is 2.74. The molecule has 0 spiro atoms. The summed E-state index contributed by atoms with van der Waals surface area (Å²) in [4.78, 5) is 64.3. The van der Waals surface area contributed by atoms with Gasteiger partial charge in [0.15, 0.2) is 0 Å². The molecule has 18 heteroatoms. The summed E-state index contributed by atoms with van der Waals surface area (Å²) in [6, 6.07) is 25.2. The molecule has 2 heterocycles. The molecule has 0 radical (unpaired) electrons. The van der Waals surface area contributed by atoms with Crippen molar-refractivity contribution in [1.82, 2.24) is 4.90 Å². The SMILES string of the molecule is COc1cccc(N2CCN(C3=Nc4c(F)cccc4[C@H](OC(=O)[C@@H](OC(=O)c4ccc(C)cc4)[C@H](OC(=O)c4ccc(C)cc4)C(=O)O)N3c3cc(C(F)(F)F)ccc3OC)CC2)c1. The molecule has 0 aromatic heterocycles. The maximum atomic E-state index is 16.0. The average molecular weight is 899 g/mol. The van der Waals surface area contributed by atoms with Gasteiger partial charge in [0.2, 0.25) is 24.4 Å². The van der Waals surface area contributed by atoms with E-state index in [-0.39, 0.29) is 52.9 Å². The van der Waals surface area contributed by atoms with Gasteiger partial charge in [-0.25, -0.2) is 28.6 Å². The zero-order chi connectivity index (χ0) is 46.6. The third-order valence-electron chi connectivity index (χ3n) is 10.7. The van der Waals surface area contributed by atoms with E-state index in [1.807, 2.05) is 23.1 Å². The molecule has 0 saturated carbocycles. The smallest absolute Gasteiger partial charge is 0.416 e. The molecular formula is C47H42F4N4O10. The van der Waals surface area contributed by atoms with Crippen molar-refractivity contribution >= 4 is 46.9 Å². The van der Waals surface area contributed by atoms with Gasteiger partial charge in [0, 0.05) is 43.5 Å². The predicted molar refractivity (Wildman–Crippen MR) is 228 cm³/mol. The summed E-state index contributed by atoms with van der Waals surface area (Å²) >= 11 is 0. The number of ether oxygens (including phenoxy) is 5. The molecule has 0 aliphatic carbocycles. The Balaban J connectivity index is 1.34. The lowest BCUT2D eigenvalue weighted by molar-refractivity contribution is -0.174. The van der Waals surface area contributed by atoms with Crippen LogP contribution in [0.3, 0.4) is 0 Å². The third-order valence-corrected chi connectivity index (χ3v) is 10.7. The van der Waals surface area contributed by atoms with E-state index in [1.54, 1.807) is 49.1 Å². The minimum Gasteiger partial charge on any atom is -0.497 e. The molecule has 14 nitrogen and oxygen atoms in total. The van der Waals surface area contributed by atoms with Gasteiger partial charge in [0.05, 0.1) is 36.6 Å². The molecular weight excluding hydrogens is 857 g/mol. The number of benzene rings is 5. The van der Waals surface area contributed by atoms with Crippen LogP contribution < -0.4 is 19.3 Å². The van der Waals surface area contributed by atoms with Gasteiger partial charge in [-0.05, 0) is 74.5 Å². The highest BCUT2D eigenvalue weighted by Gasteiger charge is 2.47. The monoisotopic (exact) mass is 898 g/mol. The Labute approximate surface area is 370 Å². The van der Waals surface area contributed by atoms with Gasteiger partial charge >= 0.3 is 30.1 Å². The van der Waals surface area contributed by atoms with Crippen molar-refractivity contribution in [3.8, 4) is 11.5 Å². The van der Waals surface area contributed by atoms with Crippen molar-refractivity contribution in [1.29, 1.82) is 0 Å². The number of piperazine rings is 1. The minimum absolute atomic E-state index is 0.106. The number of guanidine groups is 1. The number of alkyl halides is 3. The fraction of sp³-hybridized carbons (Fsp3) is 0.255. The zero-order valence-corrected chi connectivity index (χ0v) is 35.4. The quantitative estimate of drug-likeness (QED) is 0.0734. The number of aliphatic imine (C=N–C) groups is 1. The molecule has 5 aromatic carbocycles. The summed E-state index contributed by atoms with van der Waals surface area (Å²) in [5, 5.41) is 10.5. The van der Waals surface area contributed by atoms with Crippen LogP contribution in [0.5, 0.6) is 11.5 Å². The zero-order valence-electron chi connectivity index (χ0n) is 35.4. The van der Waals surface area contributed by atoms with Crippen molar-refractivity contribution < 1.29 is 65.5 Å². The van der Waals surface area contributed by atoms with Gasteiger partial charge in [0.25, 0.3) is 0 Å². The second-order valence-corrected chi connectivity index (χ2v) is 15.0. The molecule has 0 bridgehead atoms. The standard InChI is InChI=1S/C47H42F4N4O10/c1-27-11-15-29(16-12-27)43(58)63-39(42(56)57)40(64-44(59)30-17-13-28(2)14-18-30)45(60)65-41-34-9-6-10-35(48)38(34)52-46(55(41)36-25-31(47(49,50)51)19-20-37(36)62-4)54-23-21-53(22-24-54)32-7-5-8-33(26-32)61-3/h5-20,25-26,39-41H,21-24H2,1-4H3,(H,56,57)/t39-,40-,41-/m0/s1. The first-order chi connectivity index (χ1) is 31.1. The number of rotatable bonds is 12. The number of aliphatic carboxylic acids is 1. The first-order valence-corrected chi connectivity index (χ1v) is 20.1. The van der Waals surface area contributed by atoms with Gasteiger partial charge in [-0.1, -0.05) is 53.6 Å². The Morgan fingerprint density at radius 2 is 1.31 bits per heavy atom. The number of carbonyl (C=O) groups excluding carboxylic acids is 3. The number of esters is 3. The lowest BCUT2D eigenvalue weighted by Gasteiger charge is -2.45. The fourth-order valence-corrected chi connectivity index (χ4v) is 7.25. The van der Waals surface area contributed by atoms with Gasteiger partial charge in [-0.3, -0.25) is 4.90 Å². The average Bonchev–Trinajstić information content (AvgIpc) is 3.30. The highest BCUT2D eigenvalue weighted by Crippen LogP contribution is 2.46. The maximum Gasteiger partial charge on any atom is 0.416 e. The highest BCUT2D eigenvalue weighted by molar-refractivity contribution is 6.02. The van der Waals surface area contributed by atoms with Crippen molar-refractivity contribution in [2.75, 3.05) is 50.2 Å². The number of hydrogen-bond acceptors (Lipinski definition) is 13. The van der Waals surface area contributed by atoms with Gasteiger partial charge in [-0.15, -0.1) is 0 Å². The Morgan fingerprint density at radius 3 is 1.88 bits per heavy atom. The summed E-state index contributed by atoms with van der Waals surface area (Å²) in [5.74, 6) is -6.58. The van der Waals surface area contributed by atoms with E-state index in [0.29, 0.717) is 18.8 Å². The summed E-state index contributed by atoms with van der Waals surface area (Å²) in [6.07, 6.45) is -11.9. The second-order valence-electron chi connectivity index (χ2n) is 15.0. The number of para-hydroxylation sites is 1. The molecule has 0 amide bonds. The molecule has 2 aliphatic heterocycles. The van der Waals surface area contributed by atoms with Crippen LogP contribution in [-0.2, 0) is 30.0 Å². The number of methoxy groups -OCH3 is 2. The Kier molecular flexibility index (Phi) is 13.3. The molecule has 0 unspecified atom stereocenters. The molecule has 3 atom stereocenters. The van der Waals surface area contributed by atoms with E-state index in [1.165, 1.54) is 50.6 Å². The number of nitrogens with zero attached hydrogens (tertiary/aromatic N) is 4. The van der Waals surface area contributed by atoms with E-state index in [4.69, 9.17) is 23.7 Å². The fourth-order valence-electron chi connectivity index (χ4n) is 7.25. The van der Waals surface area contributed by atoms with Crippen molar-refractivity contribution in [3.05, 3.63) is 148 Å². The molecule has 7 rings (SSSR count). The van der Waals surface area contributed by atoms with E-state index in [0.717, 1.165) is 46.0 Å². The van der Waals surface area contributed by atoms with E-state index < -0.39 is 59.9 Å². The first-order valence-electron chi connectivity index (χ1n) is 20.1.